The maximum Gasteiger partial charge on any atom is 0.253 e. The van der Waals surface area contributed by atoms with Crippen LogP contribution in [0.2, 0.25) is 10.0 Å². The van der Waals surface area contributed by atoms with Crippen LogP contribution in [0.1, 0.15) is 22.3 Å². The van der Waals surface area contributed by atoms with Crippen LogP contribution in [-0.2, 0) is 4.79 Å². The monoisotopic (exact) mass is 428 g/mol. The number of anilines is 1. The van der Waals surface area contributed by atoms with Crippen molar-refractivity contribution in [3.8, 4) is 0 Å². The summed E-state index contributed by atoms with van der Waals surface area (Å²) in [4.78, 5) is 25.2. The third kappa shape index (κ3) is 6.13. The molecule has 27 heavy (non-hydrogen) atoms. The second-order valence-electron chi connectivity index (χ2n) is 5.90. The lowest BCUT2D eigenvalue weighted by Crippen LogP contribution is -2.44. The van der Waals surface area contributed by atoms with Crippen LogP contribution in [0.3, 0.4) is 0 Å². The van der Waals surface area contributed by atoms with Gasteiger partial charge in [0, 0.05) is 5.02 Å². The predicted molar refractivity (Wildman–Crippen MR) is 110 cm³/mol. The molecular formula is C19H19Cl2FN2O2S. The molecule has 2 rings (SSSR count). The summed E-state index contributed by atoms with van der Waals surface area (Å²) in [5.41, 5.74) is 1.10. The number of thioether (sulfide) groups is 1. The molecule has 0 bridgehead atoms. The van der Waals surface area contributed by atoms with Crippen molar-refractivity contribution in [2.24, 2.45) is 0 Å². The Hall–Kier alpha value is -1.76. The van der Waals surface area contributed by atoms with Gasteiger partial charge in [-0.15, -0.1) is 0 Å². The lowest BCUT2D eigenvalue weighted by atomic mass is 10.1. The summed E-state index contributed by atoms with van der Waals surface area (Å²) >= 11 is 13.4. The summed E-state index contributed by atoms with van der Waals surface area (Å²) < 4.78 is 13.9. The highest BCUT2D eigenvalue weighted by molar-refractivity contribution is 7.98. The van der Waals surface area contributed by atoms with Crippen LogP contribution in [-0.4, -0.2) is 29.9 Å². The van der Waals surface area contributed by atoms with Gasteiger partial charge in [0.1, 0.15) is 11.9 Å². The smallest absolute Gasteiger partial charge is 0.253 e. The van der Waals surface area contributed by atoms with Gasteiger partial charge in [0.05, 0.1) is 16.3 Å². The highest BCUT2D eigenvalue weighted by Gasteiger charge is 2.23. The second-order valence-corrected chi connectivity index (χ2v) is 7.73. The summed E-state index contributed by atoms with van der Waals surface area (Å²) in [7, 11) is 0. The van der Waals surface area contributed by atoms with Crippen molar-refractivity contribution in [1.29, 1.82) is 0 Å². The summed E-state index contributed by atoms with van der Waals surface area (Å²) in [5.74, 6) is -0.887. The van der Waals surface area contributed by atoms with Gasteiger partial charge in [-0.3, -0.25) is 9.59 Å². The second kappa shape index (κ2) is 9.97. The van der Waals surface area contributed by atoms with Gasteiger partial charge in [-0.25, -0.2) is 4.39 Å². The van der Waals surface area contributed by atoms with E-state index in [2.05, 4.69) is 10.6 Å². The standard InChI is InChI=1S/C19H19Cl2FN2O2S/c1-11-3-6-15(22)17(9-11)24-19(26)16(7-8-27-2)23-18(25)13-5-4-12(20)10-14(13)21/h3-6,9-10,16H,7-8H2,1-2H3,(H,23,25)(H,24,26). The van der Waals surface area contributed by atoms with Gasteiger partial charge in [0.25, 0.3) is 5.91 Å². The number of carbonyl (C=O) groups excluding carboxylic acids is 2. The number of aryl methyl sites for hydroxylation is 1. The Labute approximate surface area is 171 Å². The number of hydrogen-bond acceptors (Lipinski definition) is 3. The number of carbonyl (C=O) groups is 2. The van der Waals surface area contributed by atoms with Crippen LogP contribution < -0.4 is 10.6 Å². The van der Waals surface area contributed by atoms with E-state index in [1.54, 1.807) is 19.1 Å². The zero-order valence-electron chi connectivity index (χ0n) is 14.8. The molecule has 2 N–H and O–H groups in total. The van der Waals surface area contributed by atoms with E-state index in [-0.39, 0.29) is 16.3 Å². The van der Waals surface area contributed by atoms with Gasteiger partial charge in [-0.1, -0.05) is 29.3 Å². The van der Waals surface area contributed by atoms with Gasteiger partial charge in [-0.2, -0.15) is 11.8 Å². The zero-order chi connectivity index (χ0) is 20.0. The Morgan fingerprint density at radius 2 is 1.93 bits per heavy atom. The molecule has 0 saturated carbocycles. The zero-order valence-corrected chi connectivity index (χ0v) is 17.1. The molecule has 2 amide bonds. The first-order valence-electron chi connectivity index (χ1n) is 8.13. The molecule has 2 aromatic rings. The summed E-state index contributed by atoms with van der Waals surface area (Å²) in [6.07, 6.45) is 2.28. The highest BCUT2D eigenvalue weighted by Crippen LogP contribution is 2.21. The molecule has 0 heterocycles. The van der Waals surface area contributed by atoms with E-state index in [1.165, 1.54) is 36.0 Å². The molecule has 0 aliphatic heterocycles. The first-order valence-corrected chi connectivity index (χ1v) is 10.3. The summed E-state index contributed by atoms with van der Waals surface area (Å²) in [5, 5.41) is 5.81. The minimum Gasteiger partial charge on any atom is -0.340 e. The number of hydrogen-bond donors (Lipinski definition) is 2. The number of amides is 2. The third-order valence-corrected chi connectivity index (χ3v) is 4.98. The van der Waals surface area contributed by atoms with E-state index >= 15 is 0 Å². The molecule has 0 spiro atoms. The van der Waals surface area contributed by atoms with Crippen LogP contribution in [0.4, 0.5) is 10.1 Å². The molecule has 1 atom stereocenters. The predicted octanol–water partition coefficient (Wildman–Crippen LogP) is 4.93. The Balaban J connectivity index is 2.17. The summed E-state index contributed by atoms with van der Waals surface area (Å²) in [6.45, 7) is 1.80. The van der Waals surface area contributed by atoms with Crippen LogP contribution in [0.5, 0.6) is 0 Å². The SMILES string of the molecule is CSCCC(NC(=O)c1ccc(Cl)cc1Cl)C(=O)Nc1cc(C)ccc1F. The fourth-order valence-corrected chi connectivity index (χ4v) is 3.33. The number of halogens is 3. The maximum absolute atomic E-state index is 13.9. The molecule has 144 valence electrons. The van der Waals surface area contributed by atoms with Crippen LogP contribution in [0.15, 0.2) is 36.4 Å². The Kier molecular flexibility index (Phi) is 7.95. The van der Waals surface area contributed by atoms with Gasteiger partial charge < -0.3 is 10.6 Å². The molecule has 2 aromatic carbocycles. The first-order chi connectivity index (χ1) is 12.8. The molecule has 0 aliphatic rings. The molecule has 8 heteroatoms. The minimum absolute atomic E-state index is 0.0768. The molecule has 0 saturated heterocycles. The number of rotatable bonds is 7. The quantitative estimate of drug-likeness (QED) is 0.656. The van der Waals surface area contributed by atoms with E-state index in [0.717, 1.165) is 5.56 Å². The van der Waals surface area contributed by atoms with Gasteiger partial charge in [-0.05, 0) is 61.2 Å². The molecule has 1 unspecified atom stereocenters. The molecular weight excluding hydrogens is 410 g/mol. The molecule has 0 radical (unpaired) electrons. The average Bonchev–Trinajstić information content (AvgIpc) is 2.61. The van der Waals surface area contributed by atoms with E-state index in [1.807, 2.05) is 6.26 Å². The van der Waals surface area contributed by atoms with Crippen molar-refractivity contribution in [3.63, 3.8) is 0 Å². The van der Waals surface area contributed by atoms with Gasteiger partial charge in [0.2, 0.25) is 5.91 Å². The van der Waals surface area contributed by atoms with Crippen molar-refractivity contribution >= 4 is 52.5 Å². The van der Waals surface area contributed by atoms with E-state index < -0.39 is 23.7 Å². The van der Waals surface area contributed by atoms with Gasteiger partial charge in [0.15, 0.2) is 0 Å². The largest absolute Gasteiger partial charge is 0.340 e. The lowest BCUT2D eigenvalue weighted by molar-refractivity contribution is -0.118. The van der Waals surface area contributed by atoms with E-state index in [4.69, 9.17) is 23.2 Å². The number of benzene rings is 2. The molecule has 0 fully saturated rings. The molecule has 0 aliphatic carbocycles. The fraction of sp³-hybridized carbons (Fsp3) is 0.263. The summed E-state index contributed by atoms with van der Waals surface area (Å²) in [6, 6.07) is 8.09. The average molecular weight is 429 g/mol. The van der Waals surface area contributed by atoms with Crippen molar-refractivity contribution < 1.29 is 14.0 Å². The Morgan fingerprint density at radius 3 is 2.59 bits per heavy atom. The lowest BCUT2D eigenvalue weighted by Gasteiger charge is -2.19. The maximum atomic E-state index is 13.9. The van der Waals surface area contributed by atoms with Crippen molar-refractivity contribution in [2.75, 3.05) is 17.3 Å². The molecule has 0 aromatic heterocycles. The van der Waals surface area contributed by atoms with Crippen LogP contribution in [0, 0.1) is 12.7 Å². The van der Waals surface area contributed by atoms with Crippen molar-refractivity contribution in [3.05, 3.63) is 63.4 Å². The normalized spacial score (nSPS) is 11.7. The topological polar surface area (TPSA) is 58.2 Å². The van der Waals surface area contributed by atoms with E-state index in [0.29, 0.717) is 17.2 Å². The fourth-order valence-electron chi connectivity index (χ4n) is 2.37. The third-order valence-electron chi connectivity index (χ3n) is 3.79. The number of nitrogens with one attached hydrogen (secondary N) is 2. The Bertz CT molecular complexity index is 848. The van der Waals surface area contributed by atoms with Gasteiger partial charge >= 0.3 is 0 Å². The first kappa shape index (κ1) is 21.5. The highest BCUT2D eigenvalue weighted by atomic mass is 35.5. The Morgan fingerprint density at radius 1 is 1.19 bits per heavy atom. The van der Waals surface area contributed by atoms with E-state index in [9.17, 15) is 14.0 Å². The van der Waals surface area contributed by atoms with Crippen molar-refractivity contribution in [2.45, 2.75) is 19.4 Å². The van der Waals surface area contributed by atoms with Crippen LogP contribution in [0.25, 0.3) is 0 Å². The van der Waals surface area contributed by atoms with Crippen LogP contribution >= 0.6 is 35.0 Å². The molecule has 4 nitrogen and oxygen atoms in total. The minimum atomic E-state index is -0.836. The van der Waals surface area contributed by atoms with Crippen molar-refractivity contribution in [1.82, 2.24) is 5.32 Å².